The summed E-state index contributed by atoms with van der Waals surface area (Å²) in [6.07, 6.45) is 2.45. The van der Waals surface area contributed by atoms with E-state index < -0.39 is 5.97 Å². The first-order chi connectivity index (χ1) is 6.09. The minimum absolute atomic E-state index is 0.463. The smallest absolute Gasteiger partial charge is 0.328 e. The van der Waals surface area contributed by atoms with Gasteiger partial charge in [0.25, 0.3) is 0 Å². The monoisotopic (exact) mass is 197 g/mol. The first-order valence-corrected chi connectivity index (χ1v) is 3.93. The molecular formula is C9H8ClNO2. The molecule has 0 spiro atoms. The minimum atomic E-state index is -1.01. The molecular weight excluding hydrogens is 190 g/mol. The molecule has 1 aromatic rings. The van der Waals surface area contributed by atoms with Crippen LogP contribution in [-0.4, -0.2) is 11.1 Å². The number of aliphatic carboxylic acids is 1. The summed E-state index contributed by atoms with van der Waals surface area (Å²) in [7, 11) is 0. The molecule has 3 nitrogen and oxygen atoms in total. The Kier molecular flexibility index (Phi) is 2.93. The lowest BCUT2D eigenvalue weighted by molar-refractivity contribution is -0.131. The van der Waals surface area contributed by atoms with Crippen LogP contribution in [0.3, 0.4) is 0 Å². The molecule has 0 aliphatic heterocycles. The molecule has 0 amide bonds. The second kappa shape index (κ2) is 3.96. The molecule has 0 saturated heterocycles. The predicted octanol–water partition coefficient (Wildman–Crippen LogP) is 2.02. The zero-order chi connectivity index (χ0) is 9.84. The van der Waals surface area contributed by atoms with Crippen molar-refractivity contribution >= 4 is 29.3 Å². The Hall–Kier alpha value is -1.48. The zero-order valence-corrected chi connectivity index (χ0v) is 7.45. The maximum Gasteiger partial charge on any atom is 0.328 e. The van der Waals surface area contributed by atoms with Gasteiger partial charge >= 0.3 is 5.97 Å². The van der Waals surface area contributed by atoms with Crippen molar-refractivity contribution in [3.63, 3.8) is 0 Å². The summed E-state index contributed by atoms with van der Waals surface area (Å²) in [5.41, 5.74) is 6.69. The van der Waals surface area contributed by atoms with E-state index in [1.807, 2.05) is 0 Å². The first-order valence-electron chi connectivity index (χ1n) is 3.55. The van der Waals surface area contributed by atoms with Gasteiger partial charge in [-0.2, -0.15) is 0 Å². The number of halogens is 1. The van der Waals surface area contributed by atoms with Crippen molar-refractivity contribution in [1.82, 2.24) is 0 Å². The van der Waals surface area contributed by atoms with E-state index in [9.17, 15) is 4.79 Å². The Labute approximate surface area is 80.4 Å². The predicted molar refractivity (Wildman–Crippen MR) is 52.5 cm³/mol. The van der Waals surface area contributed by atoms with Crippen molar-refractivity contribution in [3.05, 3.63) is 34.9 Å². The molecule has 68 valence electrons. The molecule has 0 aliphatic carbocycles. The fourth-order valence-corrected chi connectivity index (χ4v) is 1.04. The van der Waals surface area contributed by atoms with Gasteiger partial charge in [0.2, 0.25) is 0 Å². The zero-order valence-electron chi connectivity index (χ0n) is 6.70. The number of rotatable bonds is 2. The van der Waals surface area contributed by atoms with Crippen LogP contribution in [0.25, 0.3) is 6.08 Å². The summed E-state index contributed by atoms with van der Waals surface area (Å²) < 4.78 is 0. The molecule has 0 atom stereocenters. The molecule has 0 fully saturated rings. The summed E-state index contributed by atoms with van der Waals surface area (Å²) in [5, 5.41) is 8.90. The number of benzene rings is 1. The first kappa shape index (κ1) is 9.61. The van der Waals surface area contributed by atoms with Crippen molar-refractivity contribution < 1.29 is 9.90 Å². The van der Waals surface area contributed by atoms with Gasteiger partial charge in [-0.1, -0.05) is 17.7 Å². The number of carboxylic acids is 1. The van der Waals surface area contributed by atoms with Gasteiger partial charge in [0, 0.05) is 16.8 Å². The van der Waals surface area contributed by atoms with Crippen LogP contribution in [0, 0.1) is 0 Å². The van der Waals surface area contributed by atoms with Crippen LogP contribution < -0.4 is 5.73 Å². The van der Waals surface area contributed by atoms with Crippen molar-refractivity contribution in [3.8, 4) is 0 Å². The van der Waals surface area contributed by atoms with E-state index in [1.54, 1.807) is 18.2 Å². The SMILES string of the molecule is Nc1cc(Cl)ccc1C=CC(=O)O. The van der Waals surface area contributed by atoms with Gasteiger partial charge in [-0.05, 0) is 23.8 Å². The van der Waals surface area contributed by atoms with Gasteiger partial charge in [-0.15, -0.1) is 0 Å². The second-order valence-corrected chi connectivity index (χ2v) is 2.88. The van der Waals surface area contributed by atoms with Gasteiger partial charge in [0.05, 0.1) is 0 Å². The maximum absolute atomic E-state index is 10.2. The maximum atomic E-state index is 10.2. The molecule has 0 radical (unpaired) electrons. The Morgan fingerprint density at radius 3 is 2.77 bits per heavy atom. The summed E-state index contributed by atoms with van der Waals surface area (Å²) in [6.45, 7) is 0. The Balaban J connectivity index is 2.96. The summed E-state index contributed by atoms with van der Waals surface area (Å²) in [6, 6.07) is 4.89. The molecule has 4 heteroatoms. The quantitative estimate of drug-likeness (QED) is 0.563. The number of hydrogen-bond acceptors (Lipinski definition) is 2. The van der Waals surface area contributed by atoms with E-state index >= 15 is 0 Å². The van der Waals surface area contributed by atoms with Gasteiger partial charge < -0.3 is 10.8 Å². The van der Waals surface area contributed by atoms with Gasteiger partial charge in [-0.3, -0.25) is 0 Å². The van der Waals surface area contributed by atoms with Crippen LogP contribution in [0.2, 0.25) is 5.02 Å². The van der Waals surface area contributed by atoms with Crippen molar-refractivity contribution in [2.45, 2.75) is 0 Å². The molecule has 0 unspecified atom stereocenters. The Bertz CT molecular complexity index is 361. The van der Waals surface area contributed by atoms with Gasteiger partial charge in [-0.25, -0.2) is 4.79 Å². The molecule has 0 heterocycles. The van der Waals surface area contributed by atoms with Crippen LogP contribution in [0.15, 0.2) is 24.3 Å². The second-order valence-electron chi connectivity index (χ2n) is 2.44. The molecule has 13 heavy (non-hydrogen) atoms. The number of carbonyl (C=O) groups is 1. The van der Waals surface area contributed by atoms with Gasteiger partial charge in [0.1, 0.15) is 0 Å². The third-order valence-electron chi connectivity index (χ3n) is 1.45. The molecule has 1 rings (SSSR count). The average molecular weight is 198 g/mol. The van der Waals surface area contributed by atoms with E-state index in [2.05, 4.69) is 0 Å². The highest BCUT2D eigenvalue weighted by Gasteiger charge is 1.96. The molecule has 0 saturated carbocycles. The summed E-state index contributed by atoms with van der Waals surface area (Å²) in [5.74, 6) is -1.01. The molecule has 1 aromatic carbocycles. The van der Waals surface area contributed by atoms with E-state index in [0.29, 0.717) is 16.3 Å². The van der Waals surface area contributed by atoms with Crippen LogP contribution >= 0.6 is 11.6 Å². The van der Waals surface area contributed by atoms with Crippen LogP contribution in [0.1, 0.15) is 5.56 Å². The highest BCUT2D eigenvalue weighted by atomic mass is 35.5. The van der Waals surface area contributed by atoms with E-state index in [0.717, 1.165) is 6.08 Å². The van der Waals surface area contributed by atoms with E-state index in [1.165, 1.54) is 6.08 Å². The topological polar surface area (TPSA) is 63.3 Å². The average Bonchev–Trinajstić information content (AvgIpc) is 2.02. The Morgan fingerprint density at radius 1 is 1.54 bits per heavy atom. The lowest BCUT2D eigenvalue weighted by atomic mass is 10.1. The largest absolute Gasteiger partial charge is 0.478 e. The van der Waals surface area contributed by atoms with Crippen LogP contribution in [0.5, 0.6) is 0 Å². The number of nitrogens with two attached hydrogens (primary N) is 1. The van der Waals surface area contributed by atoms with Gasteiger partial charge in [0.15, 0.2) is 0 Å². The molecule has 3 N–H and O–H groups in total. The number of anilines is 1. The fraction of sp³-hybridized carbons (Fsp3) is 0. The third-order valence-corrected chi connectivity index (χ3v) is 1.69. The standard InChI is InChI=1S/C9H8ClNO2/c10-7-3-1-6(8(11)5-7)2-4-9(12)13/h1-5H,11H2,(H,12,13). The summed E-state index contributed by atoms with van der Waals surface area (Å²) in [4.78, 5) is 10.2. The van der Waals surface area contributed by atoms with Crippen LogP contribution in [-0.2, 0) is 4.79 Å². The highest BCUT2D eigenvalue weighted by molar-refractivity contribution is 6.30. The van der Waals surface area contributed by atoms with Crippen molar-refractivity contribution in [1.29, 1.82) is 0 Å². The van der Waals surface area contributed by atoms with E-state index in [4.69, 9.17) is 22.4 Å². The molecule has 0 bridgehead atoms. The van der Waals surface area contributed by atoms with E-state index in [-0.39, 0.29) is 0 Å². The fourth-order valence-electron chi connectivity index (χ4n) is 0.858. The normalized spacial score (nSPS) is 10.5. The highest BCUT2D eigenvalue weighted by Crippen LogP contribution is 2.18. The lowest BCUT2D eigenvalue weighted by Crippen LogP contribution is -1.90. The minimum Gasteiger partial charge on any atom is -0.478 e. The Morgan fingerprint density at radius 2 is 2.23 bits per heavy atom. The molecule has 0 aromatic heterocycles. The third kappa shape index (κ3) is 2.80. The number of nitrogen functional groups attached to an aromatic ring is 1. The van der Waals surface area contributed by atoms with Crippen LogP contribution in [0.4, 0.5) is 5.69 Å². The molecule has 0 aliphatic rings. The van der Waals surface area contributed by atoms with Crippen molar-refractivity contribution in [2.24, 2.45) is 0 Å². The van der Waals surface area contributed by atoms with Crippen molar-refractivity contribution in [2.75, 3.05) is 5.73 Å². The summed E-state index contributed by atoms with van der Waals surface area (Å²) >= 11 is 5.66. The lowest BCUT2D eigenvalue weighted by Gasteiger charge is -1.99. The number of carboxylic acid groups (broad SMARTS) is 1. The number of hydrogen-bond donors (Lipinski definition) is 2.